The molecule has 0 aliphatic carbocycles. The molecule has 9 heteroatoms. The second-order valence-electron chi connectivity index (χ2n) is 4.63. The van der Waals surface area contributed by atoms with Crippen LogP contribution < -0.4 is 5.32 Å². The van der Waals surface area contributed by atoms with Crippen molar-refractivity contribution in [3.05, 3.63) is 11.4 Å². The maximum atomic E-state index is 12.6. The number of nitrogens with one attached hydrogen (secondary N) is 1. The average molecular weight is 345 g/mol. The molecule has 1 aliphatic rings. The lowest BCUT2D eigenvalue weighted by atomic mass is 10.4. The Morgan fingerprint density at radius 2 is 1.80 bits per heavy atom. The van der Waals surface area contributed by atoms with Crippen molar-refractivity contribution in [2.24, 2.45) is 7.05 Å². The summed E-state index contributed by atoms with van der Waals surface area (Å²) in [6, 6.07) is 0. The minimum Gasteiger partial charge on any atom is -0.315 e. The first kappa shape index (κ1) is 19.7. The van der Waals surface area contributed by atoms with Crippen LogP contribution >= 0.6 is 24.8 Å². The van der Waals surface area contributed by atoms with Gasteiger partial charge in [-0.3, -0.25) is 4.68 Å². The van der Waals surface area contributed by atoms with E-state index in [1.807, 2.05) is 0 Å². The zero-order valence-electron chi connectivity index (χ0n) is 11.9. The van der Waals surface area contributed by atoms with E-state index in [4.69, 9.17) is 0 Å². The Labute approximate surface area is 132 Å². The van der Waals surface area contributed by atoms with Gasteiger partial charge in [-0.2, -0.15) is 9.40 Å². The Balaban J connectivity index is 0.00000180. The van der Waals surface area contributed by atoms with Crippen LogP contribution in [0.25, 0.3) is 0 Å². The topological polar surface area (TPSA) is 67.2 Å². The lowest BCUT2D eigenvalue weighted by molar-refractivity contribution is 0.431. The third-order valence-electron chi connectivity index (χ3n) is 3.34. The largest absolute Gasteiger partial charge is 0.315 e. The van der Waals surface area contributed by atoms with Gasteiger partial charge in [0.05, 0.1) is 11.4 Å². The molecular weight excluding hydrogens is 323 g/mol. The van der Waals surface area contributed by atoms with Crippen molar-refractivity contribution in [3.63, 3.8) is 0 Å². The Kier molecular flexibility index (Phi) is 7.48. The molecule has 1 aromatic heterocycles. The Morgan fingerprint density at radius 3 is 2.35 bits per heavy atom. The second-order valence-corrected chi connectivity index (χ2v) is 6.51. The lowest BCUT2D eigenvalue weighted by Crippen LogP contribution is -2.34. The minimum atomic E-state index is -3.42. The number of hydrogen-bond acceptors (Lipinski definition) is 4. The molecule has 0 radical (unpaired) electrons. The molecule has 1 aliphatic heterocycles. The maximum absolute atomic E-state index is 12.6. The van der Waals surface area contributed by atoms with E-state index in [-0.39, 0.29) is 24.8 Å². The molecule has 1 aromatic rings. The van der Waals surface area contributed by atoms with Gasteiger partial charge in [0.2, 0.25) is 10.0 Å². The minimum absolute atomic E-state index is 0. The zero-order valence-corrected chi connectivity index (χ0v) is 14.4. The highest BCUT2D eigenvalue weighted by Crippen LogP contribution is 2.23. The van der Waals surface area contributed by atoms with E-state index < -0.39 is 10.0 Å². The first-order chi connectivity index (χ1) is 8.44. The van der Waals surface area contributed by atoms with Gasteiger partial charge in [0.25, 0.3) is 0 Å². The van der Waals surface area contributed by atoms with Gasteiger partial charge in [-0.1, -0.05) is 0 Å². The van der Waals surface area contributed by atoms with Crippen molar-refractivity contribution in [1.29, 1.82) is 0 Å². The number of nitrogens with zero attached hydrogens (tertiary/aromatic N) is 3. The van der Waals surface area contributed by atoms with Gasteiger partial charge in [0.1, 0.15) is 4.90 Å². The van der Waals surface area contributed by atoms with Gasteiger partial charge in [-0.15, -0.1) is 24.8 Å². The van der Waals surface area contributed by atoms with Crippen molar-refractivity contribution in [1.82, 2.24) is 19.4 Å². The number of halogens is 2. The fourth-order valence-corrected chi connectivity index (χ4v) is 4.20. The third-order valence-corrected chi connectivity index (χ3v) is 5.49. The quantitative estimate of drug-likeness (QED) is 0.864. The Morgan fingerprint density at radius 1 is 1.15 bits per heavy atom. The average Bonchev–Trinajstić information content (AvgIpc) is 2.51. The number of aromatic nitrogens is 2. The summed E-state index contributed by atoms with van der Waals surface area (Å²) >= 11 is 0. The SMILES string of the molecule is Cc1nn(C)c(C)c1S(=O)(=O)N1CCCNCC1.Cl.Cl. The first-order valence-corrected chi connectivity index (χ1v) is 7.59. The van der Waals surface area contributed by atoms with E-state index in [0.29, 0.717) is 35.9 Å². The third kappa shape index (κ3) is 3.65. The molecule has 0 aromatic carbocycles. The van der Waals surface area contributed by atoms with Crippen molar-refractivity contribution >= 4 is 34.8 Å². The summed E-state index contributed by atoms with van der Waals surface area (Å²) in [4.78, 5) is 0.368. The second kappa shape index (κ2) is 7.61. The van der Waals surface area contributed by atoms with E-state index in [9.17, 15) is 8.42 Å². The van der Waals surface area contributed by atoms with E-state index in [1.165, 1.54) is 0 Å². The van der Waals surface area contributed by atoms with Crippen LogP contribution in [0.2, 0.25) is 0 Å². The summed E-state index contributed by atoms with van der Waals surface area (Å²) in [6.07, 6.45) is 0.845. The molecule has 1 fully saturated rings. The summed E-state index contributed by atoms with van der Waals surface area (Å²) < 4.78 is 28.5. The number of rotatable bonds is 2. The molecule has 118 valence electrons. The van der Waals surface area contributed by atoms with E-state index in [0.717, 1.165) is 13.0 Å². The fraction of sp³-hybridized carbons (Fsp3) is 0.727. The van der Waals surface area contributed by atoms with Crippen LogP contribution in [-0.2, 0) is 17.1 Å². The van der Waals surface area contributed by atoms with E-state index >= 15 is 0 Å². The van der Waals surface area contributed by atoms with E-state index in [2.05, 4.69) is 10.4 Å². The molecule has 0 amide bonds. The van der Waals surface area contributed by atoms with Crippen LogP contribution in [0, 0.1) is 13.8 Å². The summed E-state index contributed by atoms with van der Waals surface area (Å²) in [6.45, 7) is 6.22. The predicted octanol–water partition coefficient (Wildman–Crippen LogP) is 0.865. The molecule has 0 atom stereocenters. The Bertz CT molecular complexity index is 537. The molecule has 0 spiro atoms. The molecule has 1 saturated heterocycles. The fourth-order valence-electron chi connectivity index (χ4n) is 2.32. The summed E-state index contributed by atoms with van der Waals surface area (Å²) in [5.41, 5.74) is 1.27. The van der Waals surface area contributed by atoms with Gasteiger partial charge in [-0.05, 0) is 26.8 Å². The molecule has 2 rings (SSSR count). The number of sulfonamides is 1. The predicted molar refractivity (Wildman–Crippen MR) is 83.4 cm³/mol. The number of aryl methyl sites for hydroxylation is 2. The van der Waals surface area contributed by atoms with Crippen molar-refractivity contribution < 1.29 is 8.42 Å². The van der Waals surface area contributed by atoms with Crippen molar-refractivity contribution in [2.75, 3.05) is 26.2 Å². The molecule has 2 heterocycles. The van der Waals surface area contributed by atoms with Gasteiger partial charge < -0.3 is 5.32 Å². The Hall–Kier alpha value is -0.340. The van der Waals surface area contributed by atoms with Crippen LogP contribution in [0.1, 0.15) is 17.8 Å². The van der Waals surface area contributed by atoms with Crippen LogP contribution in [0.5, 0.6) is 0 Å². The smallest absolute Gasteiger partial charge is 0.246 e. The van der Waals surface area contributed by atoms with Crippen LogP contribution in [0.3, 0.4) is 0 Å². The summed E-state index contributed by atoms with van der Waals surface area (Å²) in [7, 11) is -1.65. The van der Waals surface area contributed by atoms with Gasteiger partial charge in [0, 0.05) is 26.7 Å². The monoisotopic (exact) mass is 344 g/mol. The molecule has 20 heavy (non-hydrogen) atoms. The highest BCUT2D eigenvalue weighted by molar-refractivity contribution is 7.89. The highest BCUT2D eigenvalue weighted by Gasteiger charge is 2.30. The maximum Gasteiger partial charge on any atom is 0.246 e. The van der Waals surface area contributed by atoms with Gasteiger partial charge in [0.15, 0.2) is 0 Å². The van der Waals surface area contributed by atoms with Crippen LogP contribution in [0.4, 0.5) is 0 Å². The number of hydrogen-bond donors (Lipinski definition) is 1. The van der Waals surface area contributed by atoms with Gasteiger partial charge >= 0.3 is 0 Å². The first-order valence-electron chi connectivity index (χ1n) is 6.15. The normalized spacial score (nSPS) is 16.9. The van der Waals surface area contributed by atoms with E-state index in [1.54, 1.807) is 29.9 Å². The lowest BCUT2D eigenvalue weighted by Gasteiger charge is -2.19. The molecule has 1 N–H and O–H groups in total. The summed E-state index contributed by atoms with van der Waals surface area (Å²) in [5.74, 6) is 0. The molecule has 0 unspecified atom stereocenters. The van der Waals surface area contributed by atoms with Gasteiger partial charge in [-0.25, -0.2) is 8.42 Å². The van der Waals surface area contributed by atoms with Crippen LogP contribution in [-0.4, -0.2) is 48.7 Å². The molecule has 0 saturated carbocycles. The molecule has 0 bridgehead atoms. The molecular formula is C11H22Cl2N4O2S. The van der Waals surface area contributed by atoms with Crippen molar-refractivity contribution in [2.45, 2.75) is 25.2 Å². The standard InChI is InChI=1S/C11H20N4O2S.2ClH/c1-9-11(10(2)14(3)13-9)18(16,17)15-7-4-5-12-6-8-15;;/h12H,4-8H2,1-3H3;2*1H. The highest BCUT2D eigenvalue weighted by atomic mass is 35.5. The van der Waals surface area contributed by atoms with Crippen LogP contribution in [0.15, 0.2) is 4.90 Å². The van der Waals surface area contributed by atoms with Crippen molar-refractivity contribution in [3.8, 4) is 0 Å². The molecule has 6 nitrogen and oxygen atoms in total. The zero-order chi connectivity index (χ0) is 13.3. The summed E-state index contributed by atoms with van der Waals surface area (Å²) in [5, 5.41) is 7.40.